The fraction of sp³-hybridized carbons (Fsp3) is 0.222. The van der Waals surface area contributed by atoms with Crippen molar-refractivity contribution < 1.29 is 0 Å². The van der Waals surface area contributed by atoms with Gasteiger partial charge in [0.1, 0.15) is 0 Å². The average molecular weight is 363 g/mol. The van der Waals surface area contributed by atoms with Crippen LogP contribution < -0.4 is 0 Å². The van der Waals surface area contributed by atoms with Gasteiger partial charge in [-0.25, -0.2) is 0 Å². The summed E-state index contributed by atoms with van der Waals surface area (Å²) in [7, 11) is 0. The summed E-state index contributed by atoms with van der Waals surface area (Å²) in [5, 5.41) is 5.50. The second kappa shape index (κ2) is 7.00. The highest BCUT2D eigenvalue weighted by Crippen LogP contribution is 2.40. The van der Waals surface area contributed by atoms with Gasteiger partial charge >= 0.3 is 0 Å². The van der Waals surface area contributed by atoms with Crippen LogP contribution >= 0.6 is 47.0 Å². The van der Waals surface area contributed by atoms with Gasteiger partial charge in [0.2, 0.25) is 0 Å². The molecule has 3 rings (SSSR count). The van der Waals surface area contributed by atoms with Crippen molar-refractivity contribution in [3.63, 3.8) is 0 Å². The lowest BCUT2D eigenvalue weighted by Crippen LogP contribution is -1.86. The van der Waals surface area contributed by atoms with Gasteiger partial charge < -0.3 is 0 Å². The van der Waals surface area contributed by atoms with Crippen LogP contribution in [0.1, 0.15) is 0 Å². The summed E-state index contributed by atoms with van der Waals surface area (Å²) in [6.45, 7) is 0. The van der Waals surface area contributed by atoms with Crippen LogP contribution in [-0.4, -0.2) is 25.0 Å². The summed E-state index contributed by atoms with van der Waals surface area (Å²) < 4.78 is 0. The lowest BCUT2D eigenvalue weighted by atomic mass is 10.0. The van der Waals surface area contributed by atoms with Crippen LogP contribution in [0.3, 0.4) is 0 Å². The van der Waals surface area contributed by atoms with E-state index in [2.05, 4.69) is 61.4 Å². The fourth-order valence-electron chi connectivity index (χ4n) is 2.79. The Morgan fingerprint density at radius 1 is 0.455 bits per heavy atom. The third-order valence-electron chi connectivity index (χ3n) is 3.87. The van der Waals surface area contributed by atoms with Crippen molar-refractivity contribution in [3.8, 4) is 0 Å². The van der Waals surface area contributed by atoms with Gasteiger partial charge in [0.05, 0.1) is 0 Å². The Bertz CT molecular complexity index is 702. The van der Waals surface area contributed by atoms with Gasteiger partial charge in [-0.15, -0.1) is 47.0 Å². The first kappa shape index (κ1) is 16.4. The first-order valence-corrected chi connectivity index (χ1v) is 11.8. The third-order valence-corrected chi connectivity index (χ3v) is 7.05. The fourth-order valence-corrected chi connectivity index (χ4v) is 5.16. The summed E-state index contributed by atoms with van der Waals surface area (Å²) in [6.07, 6.45) is 8.63. The predicted molar refractivity (Wildman–Crippen MR) is 109 cm³/mol. The smallest absolute Gasteiger partial charge is 0.0149 e. The highest BCUT2D eigenvalue weighted by atomic mass is 32.2. The van der Waals surface area contributed by atoms with Crippen molar-refractivity contribution in [2.75, 3.05) is 25.0 Å². The maximum Gasteiger partial charge on any atom is 0.0149 e. The monoisotopic (exact) mass is 362 g/mol. The van der Waals surface area contributed by atoms with Crippen LogP contribution in [0.15, 0.2) is 56.0 Å². The minimum absolute atomic E-state index is 1.36. The topological polar surface area (TPSA) is 0 Å². The first-order valence-electron chi connectivity index (χ1n) is 6.93. The molecule has 0 radical (unpaired) electrons. The Kier molecular flexibility index (Phi) is 5.23. The van der Waals surface area contributed by atoms with E-state index in [1.807, 2.05) is 47.0 Å². The molecule has 4 heteroatoms. The van der Waals surface area contributed by atoms with Crippen LogP contribution in [0.4, 0.5) is 0 Å². The largest absolute Gasteiger partial charge is 0.129 e. The van der Waals surface area contributed by atoms with Gasteiger partial charge in [-0.2, -0.15) is 0 Å². The zero-order chi connectivity index (χ0) is 15.7. The van der Waals surface area contributed by atoms with Crippen molar-refractivity contribution in [1.29, 1.82) is 0 Å². The third kappa shape index (κ3) is 2.75. The lowest BCUT2D eigenvalue weighted by Gasteiger charge is -2.14. The van der Waals surface area contributed by atoms with E-state index in [1.54, 1.807) is 0 Å². The summed E-state index contributed by atoms with van der Waals surface area (Å²) in [5.74, 6) is 0. The van der Waals surface area contributed by atoms with Gasteiger partial charge in [0.25, 0.3) is 0 Å². The molecule has 0 spiro atoms. The minimum Gasteiger partial charge on any atom is -0.129 e. The molecule has 114 valence electrons. The number of fused-ring (bicyclic) bond motifs is 2. The number of rotatable bonds is 4. The van der Waals surface area contributed by atoms with Crippen molar-refractivity contribution in [3.05, 3.63) is 36.4 Å². The molecule has 0 nitrogen and oxygen atoms in total. The Labute approximate surface area is 149 Å². The molecule has 0 aliphatic carbocycles. The van der Waals surface area contributed by atoms with Crippen LogP contribution in [0.2, 0.25) is 0 Å². The van der Waals surface area contributed by atoms with Crippen molar-refractivity contribution >= 4 is 68.6 Å². The van der Waals surface area contributed by atoms with E-state index in [-0.39, 0.29) is 0 Å². The summed E-state index contributed by atoms with van der Waals surface area (Å²) >= 11 is 7.31. The lowest BCUT2D eigenvalue weighted by molar-refractivity contribution is 1.42. The van der Waals surface area contributed by atoms with E-state index in [1.165, 1.54) is 41.1 Å². The van der Waals surface area contributed by atoms with E-state index in [4.69, 9.17) is 0 Å². The second-order valence-corrected chi connectivity index (χ2v) is 8.28. The van der Waals surface area contributed by atoms with Crippen LogP contribution in [0, 0.1) is 0 Å². The van der Waals surface area contributed by atoms with Gasteiger partial charge in [-0.3, -0.25) is 0 Å². The van der Waals surface area contributed by atoms with E-state index < -0.39 is 0 Å². The number of thioether (sulfide) groups is 4. The van der Waals surface area contributed by atoms with E-state index >= 15 is 0 Å². The number of hydrogen-bond acceptors (Lipinski definition) is 4. The molecule has 22 heavy (non-hydrogen) atoms. The molecule has 3 aromatic carbocycles. The zero-order valence-electron chi connectivity index (χ0n) is 13.1. The highest BCUT2D eigenvalue weighted by Gasteiger charge is 2.11. The van der Waals surface area contributed by atoms with Crippen LogP contribution in [0.25, 0.3) is 21.5 Å². The molecule has 0 aliphatic heterocycles. The van der Waals surface area contributed by atoms with Gasteiger partial charge in [-0.1, -0.05) is 0 Å². The Balaban J connectivity index is 2.49. The molecule has 0 fully saturated rings. The molecule has 0 atom stereocenters. The molecular formula is C18H18S4. The normalized spacial score (nSPS) is 11.5. The molecule has 0 saturated heterocycles. The molecule has 0 amide bonds. The Morgan fingerprint density at radius 3 is 0.864 bits per heavy atom. The molecule has 0 aliphatic rings. The van der Waals surface area contributed by atoms with E-state index in [0.717, 1.165) is 0 Å². The molecule has 0 aromatic heterocycles. The molecule has 0 unspecified atom stereocenters. The molecule has 0 heterocycles. The molecule has 0 bridgehead atoms. The minimum atomic E-state index is 1.36. The van der Waals surface area contributed by atoms with Crippen LogP contribution in [-0.2, 0) is 0 Å². The van der Waals surface area contributed by atoms with Gasteiger partial charge in [0.15, 0.2) is 0 Å². The number of hydrogen-bond donors (Lipinski definition) is 0. The SMILES string of the molecule is CSc1ccc(SC)c2cc3c(SC)ccc(SC)c3cc12. The van der Waals surface area contributed by atoms with Gasteiger partial charge in [0, 0.05) is 19.6 Å². The molecule has 3 aromatic rings. The van der Waals surface area contributed by atoms with E-state index in [0.29, 0.717) is 0 Å². The van der Waals surface area contributed by atoms with E-state index in [9.17, 15) is 0 Å². The van der Waals surface area contributed by atoms with Gasteiger partial charge in [-0.05, 0) is 83.0 Å². The first-order chi connectivity index (χ1) is 10.7. The van der Waals surface area contributed by atoms with Crippen molar-refractivity contribution in [1.82, 2.24) is 0 Å². The molecule has 0 N–H and O–H groups in total. The number of benzene rings is 3. The standard InChI is InChI=1S/C18H18S4/c1-19-15-5-6-16(20-2)12-10-14-13(9-11(12)15)17(21-3)7-8-18(14)22-4/h5-10H,1-4H3. The summed E-state index contributed by atoms with van der Waals surface area (Å²) in [5.41, 5.74) is 0. The summed E-state index contributed by atoms with van der Waals surface area (Å²) in [6, 6.07) is 13.8. The molecule has 0 saturated carbocycles. The predicted octanol–water partition coefficient (Wildman–Crippen LogP) is 6.88. The molecular weight excluding hydrogens is 344 g/mol. The Hall–Kier alpha value is -0.420. The average Bonchev–Trinajstić information content (AvgIpc) is 2.58. The quantitative estimate of drug-likeness (QED) is 0.366. The van der Waals surface area contributed by atoms with Crippen LogP contribution in [0.5, 0.6) is 0 Å². The summed E-state index contributed by atoms with van der Waals surface area (Å²) in [4.78, 5) is 5.43. The second-order valence-electron chi connectivity index (χ2n) is 4.88. The zero-order valence-corrected chi connectivity index (χ0v) is 16.4. The maximum atomic E-state index is 2.39. The van der Waals surface area contributed by atoms with Crippen molar-refractivity contribution in [2.24, 2.45) is 0 Å². The highest BCUT2D eigenvalue weighted by molar-refractivity contribution is 7.99. The Morgan fingerprint density at radius 2 is 0.682 bits per heavy atom. The van der Waals surface area contributed by atoms with Crippen molar-refractivity contribution in [2.45, 2.75) is 19.6 Å². The maximum absolute atomic E-state index is 2.39.